The minimum atomic E-state index is -0.890. The van der Waals surface area contributed by atoms with Gasteiger partial charge in [-0.05, 0) is 26.3 Å². The summed E-state index contributed by atoms with van der Waals surface area (Å²) in [5.41, 5.74) is -0.876. The van der Waals surface area contributed by atoms with E-state index >= 15 is 0 Å². The van der Waals surface area contributed by atoms with E-state index in [0.29, 0.717) is 5.69 Å². The molecule has 0 N–H and O–H groups in total. The van der Waals surface area contributed by atoms with Crippen LogP contribution >= 0.6 is 0 Å². The highest BCUT2D eigenvalue weighted by Crippen LogP contribution is 2.13. The molecule has 0 aromatic carbocycles. The van der Waals surface area contributed by atoms with E-state index < -0.39 is 28.2 Å². The molecule has 0 saturated carbocycles. The van der Waals surface area contributed by atoms with E-state index in [1.54, 1.807) is 6.92 Å². The summed E-state index contributed by atoms with van der Waals surface area (Å²) in [7, 11) is 0. The molecule has 1 atom stereocenters. The molecule has 0 saturated heterocycles. The van der Waals surface area contributed by atoms with Crippen molar-refractivity contribution < 1.29 is 14.5 Å². The predicted molar refractivity (Wildman–Crippen MR) is 72.7 cm³/mol. The normalized spacial score (nSPS) is 11.9. The number of carbonyl (C=O) groups excluding carboxylic acids is 1. The Hall–Kier alpha value is -2.18. The van der Waals surface area contributed by atoms with Gasteiger partial charge in [0.05, 0.1) is 11.5 Å². The standard InChI is InChI=1S/C13H18N2O5/c1-4-5-8-20-13(17)10(3)14-9(2)6-7-11(12(14)16)15(18)19/h6-7,10H,4-5,8H2,1-3H3. The van der Waals surface area contributed by atoms with Gasteiger partial charge in [-0.2, -0.15) is 0 Å². The van der Waals surface area contributed by atoms with Crippen LogP contribution in [-0.2, 0) is 9.53 Å². The zero-order chi connectivity index (χ0) is 15.3. The summed E-state index contributed by atoms with van der Waals surface area (Å²) < 4.78 is 6.13. The molecule has 0 aliphatic heterocycles. The first-order chi connectivity index (χ1) is 9.40. The number of ether oxygens (including phenoxy) is 1. The molecule has 0 radical (unpaired) electrons. The fraction of sp³-hybridized carbons (Fsp3) is 0.538. The topological polar surface area (TPSA) is 91.4 Å². The van der Waals surface area contributed by atoms with E-state index in [-0.39, 0.29) is 6.61 Å². The van der Waals surface area contributed by atoms with E-state index in [4.69, 9.17) is 4.74 Å². The van der Waals surface area contributed by atoms with E-state index in [1.165, 1.54) is 13.0 Å². The minimum Gasteiger partial charge on any atom is -0.464 e. The first-order valence-corrected chi connectivity index (χ1v) is 6.43. The second-order valence-corrected chi connectivity index (χ2v) is 4.49. The highest BCUT2D eigenvalue weighted by molar-refractivity contribution is 5.74. The van der Waals surface area contributed by atoms with Crippen LogP contribution in [0, 0.1) is 17.0 Å². The summed E-state index contributed by atoms with van der Waals surface area (Å²) in [4.78, 5) is 33.9. The fourth-order valence-electron chi connectivity index (χ4n) is 1.80. The van der Waals surface area contributed by atoms with Crippen molar-refractivity contribution in [1.82, 2.24) is 4.57 Å². The van der Waals surface area contributed by atoms with Gasteiger partial charge in [0.1, 0.15) is 6.04 Å². The van der Waals surface area contributed by atoms with Crippen LogP contribution in [0.15, 0.2) is 16.9 Å². The van der Waals surface area contributed by atoms with Crippen molar-refractivity contribution in [3.8, 4) is 0 Å². The Kier molecular flexibility index (Phi) is 5.42. The van der Waals surface area contributed by atoms with Crippen LogP contribution in [0.1, 0.15) is 38.4 Å². The molecule has 0 aliphatic rings. The smallest absolute Gasteiger partial charge is 0.334 e. The van der Waals surface area contributed by atoms with Crippen molar-refractivity contribution in [1.29, 1.82) is 0 Å². The molecule has 0 aliphatic carbocycles. The van der Waals surface area contributed by atoms with Crippen LogP contribution in [-0.4, -0.2) is 22.1 Å². The number of unbranched alkanes of at least 4 members (excludes halogenated alkanes) is 1. The molecule has 1 unspecified atom stereocenters. The van der Waals surface area contributed by atoms with Crippen molar-refractivity contribution in [2.24, 2.45) is 0 Å². The van der Waals surface area contributed by atoms with Gasteiger partial charge < -0.3 is 4.74 Å². The maximum Gasteiger partial charge on any atom is 0.334 e. The van der Waals surface area contributed by atoms with Gasteiger partial charge in [-0.1, -0.05) is 13.3 Å². The zero-order valence-corrected chi connectivity index (χ0v) is 11.8. The molecule has 110 valence electrons. The molecule has 1 rings (SSSR count). The summed E-state index contributed by atoms with van der Waals surface area (Å²) >= 11 is 0. The second-order valence-electron chi connectivity index (χ2n) is 4.49. The lowest BCUT2D eigenvalue weighted by atomic mass is 10.2. The van der Waals surface area contributed by atoms with Gasteiger partial charge in [0.15, 0.2) is 0 Å². The lowest BCUT2D eigenvalue weighted by Crippen LogP contribution is -2.32. The maximum absolute atomic E-state index is 12.0. The number of rotatable bonds is 6. The van der Waals surface area contributed by atoms with Crippen LogP contribution in [0.2, 0.25) is 0 Å². The molecule has 1 aromatic rings. The number of pyridine rings is 1. The molecule has 1 aromatic heterocycles. The number of nitro groups is 1. The molecule has 7 nitrogen and oxygen atoms in total. The molecule has 20 heavy (non-hydrogen) atoms. The first-order valence-electron chi connectivity index (χ1n) is 6.43. The quantitative estimate of drug-likeness (QED) is 0.344. The predicted octanol–water partition coefficient (Wildman–Crippen LogP) is 1.97. The third kappa shape index (κ3) is 3.43. The van der Waals surface area contributed by atoms with Crippen molar-refractivity contribution in [3.05, 3.63) is 38.3 Å². The van der Waals surface area contributed by atoms with E-state index in [1.807, 2.05) is 6.92 Å². The molecule has 0 fully saturated rings. The third-order valence-corrected chi connectivity index (χ3v) is 2.97. The SMILES string of the molecule is CCCCOC(=O)C(C)n1c(C)ccc([N+](=O)[O-])c1=O. The monoisotopic (exact) mass is 282 g/mol. The Morgan fingerprint density at radius 3 is 2.70 bits per heavy atom. The minimum absolute atomic E-state index is 0.280. The van der Waals surface area contributed by atoms with Crippen molar-refractivity contribution >= 4 is 11.7 Å². The van der Waals surface area contributed by atoms with E-state index in [2.05, 4.69) is 0 Å². The van der Waals surface area contributed by atoms with Gasteiger partial charge in [-0.25, -0.2) is 4.79 Å². The van der Waals surface area contributed by atoms with Gasteiger partial charge in [0, 0.05) is 11.8 Å². The van der Waals surface area contributed by atoms with Crippen LogP contribution in [0.3, 0.4) is 0 Å². The van der Waals surface area contributed by atoms with Gasteiger partial charge in [0.2, 0.25) is 0 Å². The van der Waals surface area contributed by atoms with Gasteiger partial charge >= 0.3 is 17.2 Å². The summed E-state index contributed by atoms with van der Waals surface area (Å²) in [5.74, 6) is -0.566. The lowest BCUT2D eigenvalue weighted by Gasteiger charge is -2.16. The van der Waals surface area contributed by atoms with Gasteiger partial charge in [-0.3, -0.25) is 19.5 Å². The Morgan fingerprint density at radius 1 is 1.50 bits per heavy atom. The van der Waals surface area contributed by atoms with Crippen LogP contribution in [0.5, 0.6) is 0 Å². The highest BCUT2D eigenvalue weighted by atomic mass is 16.6. The molecule has 1 heterocycles. The number of aryl methyl sites for hydroxylation is 1. The van der Waals surface area contributed by atoms with Crippen LogP contribution in [0.25, 0.3) is 0 Å². The first kappa shape index (κ1) is 15.9. The highest BCUT2D eigenvalue weighted by Gasteiger charge is 2.24. The molecule has 0 bridgehead atoms. The Bertz CT molecular complexity index is 564. The molecule has 7 heteroatoms. The van der Waals surface area contributed by atoms with Gasteiger partial charge in [-0.15, -0.1) is 0 Å². The van der Waals surface area contributed by atoms with Crippen LogP contribution in [0.4, 0.5) is 5.69 Å². The van der Waals surface area contributed by atoms with Crippen LogP contribution < -0.4 is 5.56 Å². The summed E-state index contributed by atoms with van der Waals surface area (Å²) in [5, 5.41) is 10.8. The summed E-state index contributed by atoms with van der Waals surface area (Å²) in [6.45, 7) is 5.35. The number of hydrogen-bond donors (Lipinski definition) is 0. The fourth-order valence-corrected chi connectivity index (χ4v) is 1.80. The van der Waals surface area contributed by atoms with E-state index in [9.17, 15) is 19.7 Å². The largest absolute Gasteiger partial charge is 0.464 e. The van der Waals surface area contributed by atoms with E-state index in [0.717, 1.165) is 23.5 Å². The summed E-state index contributed by atoms with van der Waals surface area (Å²) in [6.07, 6.45) is 1.62. The number of esters is 1. The molecule has 0 spiro atoms. The molecule has 0 amide bonds. The second kappa shape index (κ2) is 6.83. The van der Waals surface area contributed by atoms with Crippen molar-refractivity contribution in [2.45, 2.75) is 39.7 Å². The average Bonchev–Trinajstić information content (AvgIpc) is 2.38. The van der Waals surface area contributed by atoms with Gasteiger partial charge in [0.25, 0.3) is 0 Å². The summed E-state index contributed by atoms with van der Waals surface area (Å²) in [6, 6.07) is 1.69. The Labute approximate surface area is 116 Å². The Balaban J connectivity index is 3.06. The Morgan fingerprint density at radius 2 is 2.15 bits per heavy atom. The number of nitrogens with zero attached hydrogens (tertiary/aromatic N) is 2. The van der Waals surface area contributed by atoms with Crippen molar-refractivity contribution in [3.63, 3.8) is 0 Å². The molecular weight excluding hydrogens is 264 g/mol. The van der Waals surface area contributed by atoms with Crippen molar-refractivity contribution in [2.75, 3.05) is 6.61 Å². The number of carbonyl (C=O) groups is 1. The lowest BCUT2D eigenvalue weighted by molar-refractivity contribution is -0.386. The molecular formula is C13H18N2O5. The zero-order valence-electron chi connectivity index (χ0n) is 11.8. The number of aromatic nitrogens is 1. The number of hydrogen-bond acceptors (Lipinski definition) is 5. The maximum atomic E-state index is 12.0. The average molecular weight is 282 g/mol. The third-order valence-electron chi connectivity index (χ3n) is 2.97.